The zero-order chi connectivity index (χ0) is 21.7. The van der Waals surface area contributed by atoms with Gasteiger partial charge in [-0.1, -0.05) is 36.6 Å². The third-order valence-electron chi connectivity index (χ3n) is 5.00. The predicted molar refractivity (Wildman–Crippen MR) is 116 cm³/mol. The van der Waals surface area contributed by atoms with E-state index in [9.17, 15) is 13.2 Å². The van der Waals surface area contributed by atoms with Crippen molar-refractivity contribution >= 4 is 38.7 Å². The van der Waals surface area contributed by atoms with E-state index < -0.39 is 9.84 Å². The number of nitrogens with one attached hydrogen (secondary N) is 1. The number of rotatable bonds is 7. The van der Waals surface area contributed by atoms with Gasteiger partial charge in [-0.2, -0.15) is 0 Å². The van der Waals surface area contributed by atoms with Crippen LogP contribution in [0.4, 0.5) is 5.82 Å². The van der Waals surface area contributed by atoms with Gasteiger partial charge < -0.3 is 10.4 Å². The minimum absolute atomic E-state index is 0.0267. The molecule has 1 amide bonds. The highest BCUT2D eigenvalue weighted by molar-refractivity contribution is 7.90. The molecule has 0 aliphatic heterocycles. The summed E-state index contributed by atoms with van der Waals surface area (Å²) in [6.07, 6.45) is 10.6. The molecule has 7 nitrogen and oxygen atoms in total. The monoisotopic (exact) mass is 449 g/mol. The lowest BCUT2D eigenvalue weighted by Crippen LogP contribution is -2.16. The van der Waals surface area contributed by atoms with E-state index in [-0.39, 0.29) is 34.2 Å². The van der Waals surface area contributed by atoms with Crippen molar-refractivity contribution in [2.75, 3.05) is 18.2 Å². The van der Waals surface area contributed by atoms with Gasteiger partial charge in [0.1, 0.15) is 0 Å². The largest absolute Gasteiger partial charge is 0.396 e. The van der Waals surface area contributed by atoms with Crippen LogP contribution in [-0.2, 0) is 21.1 Å². The summed E-state index contributed by atoms with van der Waals surface area (Å²) in [5, 5.41) is 11.8. The van der Waals surface area contributed by atoms with Crippen LogP contribution in [0.25, 0.3) is 5.57 Å². The number of aliphatic hydroxyl groups is 1. The molecule has 0 bridgehead atoms. The molecule has 0 atom stereocenters. The fourth-order valence-electron chi connectivity index (χ4n) is 3.48. The van der Waals surface area contributed by atoms with Gasteiger partial charge in [-0.15, -0.1) is 0 Å². The average Bonchev–Trinajstić information content (AvgIpc) is 3.20. The van der Waals surface area contributed by atoms with Crippen LogP contribution in [0, 0.1) is 5.92 Å². The molecule has 1 aromatic carbocycles. The fraction of sp³-hybridized carbons (Fsp3) is 0.381. The second-order valence-electron chi connectivity index (χ2n) is 7.36. The molecule has 2 aromatic rings. The van der Waals surface area contributed by atoms with E-state index in [1.807, 2.05) is 6.08 Å². The predicted octanol–water partition coefficient (Wildman–Crippen LogP) is 3.28. The molecule has 30 heavy (non-hydrogen) atoms. The first-order valence-corrected chi connectivity index (χ1v) is 12.0. The number of benzene rings is 1. The molecule has 0 spiro atoms. The number of aliphatic hydroxyl groups excluding tert-OH is 1. The maximum Gasteiger partial charge on any atom is 0.257 e. The summed E-state index contributed by atoms with van der Waals surface area (Å²) in [6.45, 7) is -0.0289. The maximum atomic E-state index is 13.1. The second kappa shape index (κ2) is 9.68. The first-order valence-electron chi connectivity index (χ1n) is 9.73. The number of anilines is 1. The summed E-state index contributed by atoms with van der Waals surface area (Å²) < 4.78 is 23.7. The van der Waals surface area contributed by atoms with Crippen molar-refractivity contribution in [1.29, 1.82) is 0 Å². The lowest BCUT2D eigenvalue weighted by molar-refractivity contribution is -0.111. The second-order valence-corrected chi connectivity index (χ2v) is 9.75. The van der Waals surface area contributed by atoms with E-state index in [4.69, 9.17) is 16.7 Å². The Labute approximate surface area is 181 Å². The number of sulfone groups is 1. The normalized spacial score (nSPS) is 15.4. The van der Waals surface area contributed by atoms with E-state index in [1.54, 1.807) is 6.07 Å². The Hall–Kier alpha value is -2.29. The Morgan fingerprint density at radius 3 is 2.57 bits per heavy atom. The summed E-state index contributed by atoms with van der Waals surface area (Å²) in [5.74, 6) is 0.198. The van der Waals surface area contributed by atoms with Crippen LogP contribution in [0.2, 0.25) is 5.02 Å². The van der Waals surface area contributed by atoms with Crippen LogP contribution < -0.4 is 5.32 Å². The van der Waals surface area contributed by atoms with Crippen molar-refractivity contribution in [2.24, 2.45) is 5.92 Å². The zero-order valence-electron chi connectivity index (χ0n) is 16.6. The lowest BCUT2D eigenvalue weighted by Gasteiger charge is -2.13. The zero-order valence-corrected chi connectivity index (χ0v) is 18.2. The lowest BCUT2D eigenvalue weighted by atomic mass is 9.98. The number of aromatic nitrogens is 2. The van der Waals surface area contributed by atoms with Gasteiger partial charge in [0.15, 0.2) is 15.7 Å². The van der Waals surface area contributed by atoms with E-state index in [1.165, 1.54) is 24.5 Å². The Bertz CT molecular complexity index is 1050. The SMILES string of the molecule is CS(=O)(=O)c1ccc(/C(=C\C2CCCC2)C(=O)Nc2cnc(CCO)cn2)cc1Cl. The summed E-state index contributed by atoms with van der Waals surface area (Å²) >= 11 is 6.21. The number of carbonyl (C=O) groups excluding carboxylic acids is 1. The molecule has 2 N–H and O–H groups in total. The standard InChI is InChI=1S/C21H24ClN3O4S/c1-30(28,29)19-7-6-15(11-18(19)22)17(10-14-4-2-3-5-14)21(27)25-20-13-23-16(8-9-26)12-24-20/h6-7,10-14,26H,2-5,8-9H2,1H3,(H,24,25,27)/b17-10+. The third-order valence-corrected chi connectivity index (χ3v) is 6.58. The van der Waals surface area contributed by atoms with E-state index in [2.05, 4.69) is 15.3 Å². The molecule has 1 aliphatic rings. The van der Waals surface area contributed by atoms with Gasteiger partial charge in [0.2, 0.25) is 0 Å². The first-order chi connectivity index (χ1) is 14.3. The van der Waals surface area contributed by atoms with Crippen molar-refractivity contribution in [3.05, 3.63) is 52.9 Å². The highest BCUT2D eigenvalue weighted by Gasteiger charge is 2.21. The highest BCUT2D eigenvalue weighted by Crippen LogP contribution is 2.32. The number of amides is 1. The number of halogens is 1. The number of hydrogen-bond acceptors (Lipinski definition) is 6. The summed E-state index contributed by atoms with van der Waals surface area (Å²) in [5.41, 5.74) is 1.59. The summed E-state index contributed by atoms with van der Waals surface area (Å²) in [7, 11) is -3.46. The third kappa shape index (κ3) is 5.65. The van der Waals surface area contributed by atoms with Gasteiger partial charge in [-0.3, -0.25) is 9.78 Å². The van der Waals surface area contributed by atoms with Gasteiger partial charge in [0, 0.05) is 24.9 Å². The smallest absolute Gasteiger partial charge is 0.257 e. The van der Waals surface area contributed by atoms with Gasteiger partial charge in [0.05, 0.1) is 28.0 Å². The minimum Gasteiger partial charge on any atom is -0.396 e. The van der Waals surface area contributed by atoms with Gasteiger partial charge in [-0.25, -0.2) is 13.4 Å². The molecule has 1 fully saturated rings. The topological polar surface area (TPSA) is 109 Å². The Balaban J connectivity index is 1.91. The molecule has 1 heterocycles. The van der Waals surface area contributed by atoms with Crippen LogP contribution >= 0.6 is 11.6 Å². The number of hydrogen-bond donors (Lipinski definition) is 2. The minimum atomic E-state index is -3.46. The van der Waals surface area contributed by atoms with Gasteiger partial charge in [-0.05, 0) is 36.5 Å². The number of carbonyl (C=O) groups is 1. The molecule has 1 aliphatic carbocycles. The van der Waals surface area contributed by atoms with Gasteiger partial charge in [0.25, 0.3) is 5.91 Å². The maximum absolute atomic E-state index is 13.1. The quantitative estimate of drug-likeness (QED) is 0.628. The Morgan fingerprint density at radius 1 is 1.27 bits per heavy atom. The summed E-state index contributed by atoms with van der Waals surface area (Å²) in [6, 6.07) is 4.53. The number of allylic oxidation sites excluding steroid dienone is 1. The summed E-state index contributed by atoms with van der Waals surface area (Å²) in [4.78, 5) is 21.4. The molecule has 0 saturated heterocycles. The van der Waals surface area contributed by atoms with E-state index in [0.717, 1.165) is 31.9 Å². The molecular formula is C21H24ClN3O4S. The molecule has 0 unspecified atom stereocenters. The van der Waals surface area contributed by atoms with Crippen molar-refractivity contribution in [2.45, 2.75) is 37.0 Å². The number of nitrogens with zero attached hydrogens (tertiary/aromatic N) is 2. The Morgan fingerprint density at radius 2 is 2.00 bits per heavy atom. The molecule has 3 rings (SSSR count). The van der Waals surface area contributed by atoms with Gasteiger partial charge >= 0.3 is 0 Å². The Kier molecular flexibility index (Phi) is 7.23. The molecule has 1 saturated carbocycles. The molecule has 9 heteroatoms. The van der Waals surface area contributed by atoms with E-state index in [0.29, 0.717) is 23.3 Å². The van der Waals surface area contributed by atoms with Crippen molar-refractivity contribution < 1.29 is 18.3 Å². The first kappa shape index (κ1) is 22.4. The fourth-order valence-corrected chi connectivity index (χ4v) is 4.81. The molecular weight excluding hydrogens is 426 g/mol. The van der Waals surface area contributed by atoms with E-state index >= 15 is 0 Å². The van der Waals surface area contributed by atoms with Crippen molar-refractivity contribution in [3.8, 4) is 0 Å². The molecule has 1 aromatic heterocycles. The highest BCUT2D eigenvalue weighted by atomic mass is 35.5. The van der Waals surface area contributed by atoms with Crippen LogP contribution in [0.3, 0.4) is 0 Å². The van der Waals surface area contributed by atoms with Crippen molar-refractivity contribution in [3.63, 3.8) is 0 Å². The van der Waals surface area contributed by atoms with Crippen LogP contribution in [-0.4, -0.2) is 42.3 Å². The molecule has 0 radical (unpaired) electrons. The average molecular weight is 450 g/mol. The van der Waals surface area contributed by atoms with Crippen LogP contribution in [0.1, 0.15) is 36.9 Å². The molecule has 160 valence electrons. The van der Waals surface area contributed by atoms with Crippen LogP contribution in [0.15, 0.2) is 41.6 Å². The van der Waals surface area contributed by atoms with Crippen LogP contribution in [0.5, 0.6) is 0 Å². The van der Waals surface area contributed by atoms with Crippen molar-refractivity contribution in [1.82, 2.24) is 9.97 Å².